The zero-order valence-corrected chi connectivity index (χ0v) is 11.8. The van der Waals surface area contributed by atoms with E-state index in [1.54, 1.807) is 6.20 Å². The summed E-state index contributed by atoms with van der Waals surface area (Å²) in [6.07, 6.45) is 2.77. The molecular weight excluding hydrogens is 240 g/mol. The first-order valence-electron chi connectivity index (χ1n) is 6.55. The summed E-state index contributed by atoms with van der Waals surface area (Å²) in [6.45, 7) is 8.15. The molecule has 2 aromatic heterocycles. The molecule has 0 radical (unpaired) electrons. The Hall–Kier alpha value is -1.75. The maximum atomic E-state index is 6.09. The minimum atomic E-state index is -0.225. The number of nitrogens with two attached hydrogens (primary N) is 1. The van der Waals surface area contributed by atoms with Gasteiger partial charge in [-0.1, -0.05) is 31.5 Å². The van der Waals surface area contributed by atoms with Gasteiger partial charge in [-0.3, -0.25) is 4.98 Å². The summed E-state index contributed by atoms with van der Waals surface area (Å²) >= 11 is 0. The van der Waals surface area contributed by atoms with Crippen molar-refractivity contribution in [2.75, 3.05) is 0 Å². The third-order valence-corrected chi connectivity index (χ3v) is 3.41. The lowest BCUT2D eigenvalue weighted by atomic mass is 10.0. The minimum absolute atomic E-state index is 0.225. The predicted molar refractivity (Wildman–Crippen MR) is 73.4 cm³/mol. The second-order valence-corrected chi connectivity index (χ2v) is 5.05. The van der Waals surface area contributed by atoms with Crippen LogP contribution in [0.15, 0.2) is 16.8 Å². The van der Waals surface area contributed by atoms with Gasteiger partial charge in [-0.2, -0.15) is 4.98 Å². The molecule has 2 unspecified atom stereocenters. The molecular formula is C14H20N4O. The number of hydrogen-bond acceptors (Lipinski definition) is 5. The third-order valence-electron chi connectivity index (χ3n) is 3.41. The molecule has 0 amide bonds. The summed E-state index contributed by atoms with van der Waals surface area (Å²) < 4.78 is 5.26. The fourth-order valence-corrected chi connectivity index (χ4v) is 1.91. The van der Waals surface area contributed by atoms with Crippen LogP contribution in [0.25, 0.3) is 11.5 Å². The Kier molecular flexibility index (Phi) is 3.95. The van der Waals surface area contributed by atoms with Crippen molar-refractivity contribution in [3.63, 3.8) is 0 Å². The fourth-order valence-electron chi connectivity index (χ4n) is 1.91. The summed E-state index contributed by atoms with van der Waals surface area (Å²) in [7, 11) is 0. The van der Waals surface area contributed by atoms with Gasteiger partial charge in [0.05, 0.1) is 6.04 Å². The second kappa shape index (κ2) is 5.48. The predicted octanol–water partition coefficient (Wildman–Crippen LogP) is 2.79. The first-order chi connectivity index (χ1) is 9.02. The van der Waals surface area contributed by atoms with Crippen molar-refractivity contribution >= 4 is 0 Å². The van der Waals surface area contributed by atoms with Crippen molar-refractivity contribution in [3.8, 4) is 11.5 Å². The molecule has 0 aliphatic heterocycles. The lowest BCUT2D eigenvalue weighted by Crippen LogP contribution is -2.18. The van der Waals surface area contributed by atoms with E-state index in [2.05, 4.69) is 29.0 Å². The molecule has 102 valence electrons. The molecule has 0 fully saturated rings. The first kappa shape index (κ1) is 13.7. The Bertz CT molecular complexity index is 564. The van der Waals surface area contributed by atoms with Crippen LogP contribution < -0.4 is 5.73 Å². The van der Waals surface area contributed by atoms with Gasteiger partial charge in [0.1, 0.15) is 5.69 Å². The topological polar surface area (TPSA) is 77.8 Å². The second-order valence-electron chi connectivity index (χ2n) is 5.05. The van der Waals surface area contributed by atoms with E-state index in [9.17, 15) is 0 Å². The molecule has 5 nitrogen and oxygen atoms in total. The summed E-state index contributed by atoms with van der Waals surface area (Å²) in [5, 5.41) is 3.99. The van der Waals surface area contributed by atoms with Crippen LogP contribution in [-0.4, -0.2) is 15.1 Å². The van der Waals surface area contributed by atoms with Gasteiger partial charge in [0, 0.05) is 6.20 Å². The molecule has 2 rings (SSSR count). The third kappa shape index (κ3) is 2.81. The summed E-state index contributed by atoms with van der Waals surface area (Å²) in [5.41, 5.74) is 8.98. The highest BCUT2D eigenvalue weighted by molar-refractivity contribution is 5.54. The molecule has 19 heavy (non-hydrogen) atoms. The molecule has 0 aromatic carbocycles. The van der Waals surface area contributed by atoms with Crippen molar-refractivity contribution in [1.82, 2.24) is 15.1 Å². The van der Waals surface area contributed by atoms with Crippen LogP contribution in [0.4, 0.5) is 0 Å². The number of aryl methyl sites for hydroxylation is 2. The van der Waals surface area contributed by atoms with Crippen LogP contribution in [0.2, 0.25) is 0 Å². The SMILES string of the molecule is CCC(C)C(N)c1nc(-c2ncc(C)cc2C)no1. The van der Waals surface area contributed by atoms with Crippen LogP contribution in [0.1, 0.15) is 43.3 Å². The summed E-state index contributed by atoms with van der Waals surface area (Å²) in [4.78, 5) is 8.73. The van der Waals surface area contributed by atoms with Crippen molar-refractivity contribution in [3.05, 3.63) is 29.3 Å². The maximum Gasteiger partial charge on any atom is 0.244 e. The quantitative estimate of drug-likeness (QED) is 0.914. The Morgan fingerprint density at radius 1 is 1.37 bits per heavy atom. The standard InChI is InChI=1S/C14H20N4O/c1-5-9(3)11(15)14-17-13(18-19-14)12-10(4)6-8(2)7-16-12/h6-7,9,11H,5,15H2,1-4H3. The number of hydrogen-bond donors (Lipinski definition) is 1. The minimum Gasteiger partial charge on any atom is -0.337 e. The van der Waals surface area contributed by atoms with Gasteiger partial charge in [0.15, 0.2) is 0 Å². The Morgan fingerprint density at radius 2 is 2.11 bits per heavy atom. The molecule has 2 aromatic rings. The Morgan fingerprint density at radius 3 is 2.74 bits per heavy atom. The van der Waals surface area contributed by atoms with Gasteiger partial charge in [0.2, 0.25) is 11.7 Å². The molecule has 2 N–H and O–H groups in total. The van der Waals surface area contributed by atoms with Gasteiger partial charge in [0.25, 0.3) is 0 Å². The van der Waals surface area contributed by atoms with E-state index in [1.807, 2.05) is 19.9 Å². The van der Waals surface area contributed by atoms with E-state index >= 15 is 0 Å². The highest BCUT2D eigenvalue weighted by atomic mass is 16.5. The molecule has 2 heterocycles. The highest BCUT2D eigenvalue weighted by Crippen LogP contribution is 2.24. The van der Waals surface area contributed by atoms with Crippen molar-refractivity contribution in [1.29, 1.82) is 0 Å². The van der Waals surface area contributed by atoms with E-state index < -0.39 is 0 Å². The van der Waals surface area contributed by atoms with Crippen LogP contribution in [0.3, 0.4) is 0 Å². The average molecular weight is 260 g/mol. The van der Waals surface area contributed by atoms with Crippen LogP contribution >= 0.6 is 0 Å². The summed E-state index contributed by atoms with van der Waals surface area (Å²) in [5.74, 6) is 1.29. The lowest BCUT2D eigenvalue weighted by molar-refractivity contribution is 0.312. The van der Waals surface area contributed by atoms with Crippen molar-refractivity contribution in [2.24, 2.45) is 11.7 Å². The van der Waals surface area contributed by atoms with Crippen molar-refractivity contribution in [2.45, 2.75) is 40.2 Å². The average Bonchev–Trinajstić information content (AvgIpc) is 2.86. The molecule has 5 heteroatoms. The van der Waals surface area contributed by atoms with Gasteiger partial charge in [-0.05, 0) is 30.9 Å². The lowest BCUT2D eigenvalue weighted by Gasteiger charge is -2.12. The molecule has 0 saturated heterocycles. The van der Waals surface area contributed by atoms with E-state index in [4.69, 9.17) is 10.3 Å². The van der Waals surface area contributed by atoms with E-state index in [1.165, 1.54) is 0 Å². The number of aromatic nitrogens is 3. The highest BCUT2D eigenvalue weighted by Gasteiger charge is 2.21. The molecule has 0 aliphatic carbocycles. The van der Waals surface area contributed by atoms with Gasteiger partial charge in [-0.15, -0.1) is 0 Å². The van der Waals surface area contributed by atoms with E-state index in [0.717, 1.165) is 23.2 Å². The van der Waals surface area contributed by atoms with Gasteiger partial charge >= 0.3 is 0 Å². The molecule has 0 bridgehead atoms. The van der Waals surface area contributed by atoms with E-state index in [0.29, 0.717) is 17.6 Å². The molecule has 0 aliphatic rings. The number of pyridine rings is 1. The zero-order chi connectivity index (χ0) is 14.0. The van der Waals surface area contributed by atoms with E-state index in [-0.39, 0.29) is 6.04 Å². The number of rotatable bonds is 4. The molecule has 0 spiro atoms. The van der Waals surface area contributed by atoms with Gasteiger partial charge in [-0.25, -0.2) is 0 Å². The van der Waals surface area contributed by atoms with Crippen LogP contribution in [-0.2, 0) is 0 Å². The van der Waals surface area contributed by atoms with Crippen LogP contribution in [0.5, 0.6) is 0 Å². The molecule has 2 atom stereocenters. The van der Waals surface area contributed by atoms with Crippen LogP contribution in [0, 0.1) is 19.8 Å². The fraction of sp³-hybridized carbons (Fsp3) is 0.500. The summed E-state index contributed by atoms with van der Waals surface area (Å²) in [6, 6.07) is 1.82. The number of nitrogens with zero attached hydrogens (tertiary/aromatic N) is 3. The smallest absolute Gasteiger partial charge is 0.244 e. The zero-order valence-electron chi connectivity index (χ0n) is 11.8. The first-order valence-corrected chi connectivity index (χ1v) is 6.55. The maximum absolute atomic E-state index is 6.09. The van der Waals surface area contributed by atoms with Gasteiger partial charge < -0.3 is 10.3 Å². The molecule has 0 saturated carbocycles. The Labute approximate surface area is 113 Å². The Balaban J connectivity index is 2.30. The van der Waals surface area contributed by atoms with Crippen molar-refractivity contribution < 1.29 is 4.52 Å². The monoisotopic (exact) mass is 260 g/mol. The normalized spacial score (nSPS) is 14.4. The largest absolute Gasteiger partial charge is 0.337 e.